The van der Waals surface area contributed by atoms with Crippen molar-refractivity contribution in [3.63, 3.8) is 0 Å². The van der Waals surface area contributed by atoms with Gasteiger partial charge in [0.25, 0.3) is 0 Å². The van der Waals surface area contributed by atoms with Gasteiger partial charge in [-0.1, -0.05) is 84.5 Å². The maximum Gasteiger partial charge on any atom is -0.00205 e. The van der Waals surface area contributed by atoms with Crippen molar-refractivity contribution >= 4 is 0 Å². The smallest absolute Gasteiger partial charge is 0.00205 e. The fourth-order valence-electron chi connectivity index (χ4n) is 3.39. The molecule has 114 valence electrons. The third-order valence-electron chi connectivity index (χ3n) is 4.89. The van der Waals surface area contributed by atoms with Gasteiger partial charge in [0.15, 0.2) is 0 Å². The molecule has 0 bridgehead atoms. The van der Waals surface area contributed by atoms with Crippen LogP contribution in [0.3, 0.4) is 0 Å². The van der Waals surface area contributed by atoms with Gasteiger partial charge in [0.05, 0.1) is 0 Å². The summed E-state index contributed by atoms with van der Waals surface area (Å²) in [5, 5.41) is 3.50. The summed E-state index contributed by atoms with van der Waals surface area (Å²) >= 11 is 0. The van der Waals surface area contributed by atoms with Gasteiger partial charge in [-0.15, -0.1) is 0 Å². The van der Waals surface area contributed by atoms with Gasteiger partial charge >= 0.3 is 0 Å². The zero-order valence-corrected chi connectivity index (χ0v) is 13.6. The summed E-state index contributed by atoms with van der Waals surface area (Å²) in [7, 11) is 0. The molecule has 2 unspecified atom stereocenters. The van der Waals surface area contributed by atoms with Crippen LogP contribution in [0.15, 0.2) is 0 Å². The van der Waals surface area contributed by atoms with Crippen molar-refractivity contribution in [2.45, 2.75) is 90.9 Å². The minimum absolute atomic E-state index is 0.910. The highest BCUT2D eigenvalue weighted by atomic mass is 14.9. The fraction of sp³-hybridized carbons (Fsp3) is 1.00. The Morgan fingerprint density at radius 1 is 0.842 bits per heavy atom. The lowest BCUT2D eigenvalue weighted by molar-refractivity contribution is 0.252. The maximum atomic E-state index is 3.50. The van der Waals surface area contributed by atoms with Gasteiger partial charge in [-0.2, -0.15) is 0 Å². The van der Waals surface area contributed by atoms with Crippen LogP contribution in [0.4, 0.5) is 0 Å². The Morgan fingerprint density at radius 2 is 1.42 bits per heavy atom. The van der Waals surface area contributed by atoms with Gasteiger partial charge in [-0.3, -0.25) is 0 Å². The number of rotatable bonds is 11. The third kappa shape index (κ3) is 8.68. The standard InChI is InChI=1S/C18H37N/c1-3-4-5-6-7-8-9-10-11-12-13-18-14-15-19-16-17(18)2/h17-19H,3-16H2,1-2H3. The van der Waals surface area contributed by atoms with Crippen LogP contribution in [0.25, 0.3) is 0 Å². The molecule has 1 rings (SSSR count). The largest absolute Gasteiger partial charge is 0.316 e. The average molecular weight is 268 g/mol. The molecule has 0 aliphatic carbocycles. The van der Waals surface area contributed by atoms with Crippen molar-refractivity contribution in [1.29, 1.82) is 0 Å². The van der Waals surface area contributed by atoms with Crippen LogP contribution < -0.4 is 5.32 Å². The zero-order chi connectivity index (χ0) is 13.8. The molecule has 1 heterocycles. The molecular formula is C18H37N. The Kier molecular flexibility index (Phi) is 10.5. The van der Waals surface area contributed by atoms with E-state index in [2.05, 4.69) is 19.2 Å². The third-order valence-corrected chi connectivity index (χ3v) is 4.89. The molecule has 1 aliphatic rings. The van der Waals surface area contributed by atoms with Crippen LogP contribution in [0, 0.1) is 11.8 Å². The zero-order valence-electron chi connectivity index (χ0n) is 13.6. The first-order valence-corrected chi connectivity index (χ1v) is 9.05. The molecule has 0 aromatic carbocycles. The van der Waals surface area contributed by atoms with Crippen molar-refractivity contribution in [2.24, 2.45) is 11.8 Å². The number of piperidine rings is 1. The fourth-order valence-corrected chi connectivity index (χ4v) is 3.39. The molecule has 19 heavy (non-hydrogen) atoms. The van der Waals surface area contributed by atoms with Crippen LogP contribution in [-0.2, 0) is 0 Å². The van der Waals surface area contributed by atoms with E-state index in [1.165, 1.54) is 90.1 Å². The van der Waals surface area contributed by atoms with E-state index in [1.54, 1.807) is 0 Å². The molecular weight excluding hydrogens is 230 g/mol. The second-order valence-corrected chi connectivity index (χ2v) is 6.70. The van der Waals surface area contributed by atoms with Crippen molar-refractivity contribution < 1.29 is 0 Å². The molecule has 0 aromatic heterocycles. The molecule has 1 heteroatoms. The number of hydrogen-bond acceptors (Lipinski definition) is 1. The Morgan fingerprint density at radius 3 is 2.00 bits per heavy atom. The predicted molar refractivity (Wildman–Crippen MR) is 86.6 cm³/mol. The Labute approximate surface area is 121 Å². The van der Waals surface area contributed by atoms with Crippen molar-refractivity contribution in [3.8, 4) is 0 Å². The van der Waals surface area contributed by atoms with Crippen molar-refractivity contribution in [3.05, 3.63) is 0 Å². The summed E-state index contributed by atoms with van der Waals surface area (Å²) in [6.45, 7) is 7.23. The highest BCUT2D eigenvalue weighted by molar-refractivity contribution is 4.74. The molecule has 0 saturated carbocycles. The first-order chi connectivity index (χ1) is 9.34. The SMILES string of the molecule is CCCCCCCCCCCCC1CCNCC1C. The molecule has 2 atom stereocenters. The second-order valence-electron chi connectivity index (χ2n) is 6.70. The average Bonchev–Trinajstić information content (AvgIpc) is 2.43. The normalized spacial score (nSPS) is 23.7. The van der Waals surface area contributed by atoms with E-state index in [9.17, 15) is 0 Å². The van der Waals surface area contributed by atoms with E-state index in [0.717, 1.165) is 11.8 Å². The molecule has 0 aromatic rings. The van der Waals surface area contributed by atoms with E-state index in [4.69, 9.17) is 0 Å². The first kappa shape index (κ1) is 17.0. The maximum absolute atomic E-state index is 3.50. The van der Waals surface area contributed by atoms with Gasteiger partial charge in [0.2, 0.25) is 0 Å². The van der Waals surface area contributed by atoms with Crippen molar-refractivity contribution in [1.82, 2.24) is 5.32 Å². The van der Waals surface area contributed by atoms with Crippen LogP contribution in [0.2, 0.25) is 0 Å². The molecule has 0 amide bonds. The number of nitrogens with one attached hydrogen (secondary N) is 1. The van der Waals surface area contributed by atoms with Crippen LogP contribution in [0.5, 0.6) is 0 Å². The van der Waals surface area contributed by atoms with E-state index >= 15 is 0 Å². The molecule has 0 spiro atoms. The Hall–Kier alpha value is -0.0400. The predicted octanol–water partition coefficient (Wildman–Crippen LogP) is 5.54. The Balaban J connectivity index is 1.80. The van der Waals surface area contributed by atoms with Crippen LogP contribution >= 0.6 is 0 Å². The molecule has 1 nitrogen and oxygen atoms in total. The molecule has 0 radical (unpaired) electrons. The lowest BCUT2D eigenvalue weighted by Crippen LogP contribution is -2.34. The van der Waals surface area contributed by atoms with E-state index in [1.807, 2.05) is 0 Å². The number of unbranched alkanes of at least 4 members (excludes halogenated alkanes) is 9. The van der Waals surface area contributed by atoms with E-state index < -0.39 is 0 Å². The van der Waals surface area contributed by atoms with Gasteiger partial charge < -0.3 is 5.32 Å². The molecule has 1 fully saturated rings. The first-order valence-electron chi connectivity index (χ1n) is 9.05. The summed E-state index contributed by atoms with van der Waals surface area (Å²) in [6, 6.07) is 0. The van der Waals surface area contributed by atoms with Crippen molar-refractivity contribution in [2.75, 3.05) is 13.1 Å². The summed E-state index contributed by atoms with van der Waals surface area (Å²) in [5.74, 6) is 1.92. The van der Waals surface area contributed by atoms with E-state index in [-0.39, 0.29) is 0 Å². The minimum Gasteiger partial charge on any atom is -0.316 e. The minimum atomic E-state index is 0.910. The van der Waals surface area contributed by atoms with Crippen LogP contribution in [0.1, 0.15) is 90.9 Å². The molecule has 1 aliphatic heterocycles. The number of hydrogen-bond donors (Lipinski definition) is 1. The monoisotopic (exact) mass is 267 g/mol. The second kappa shape index (κ2) is 11.8. The van der Waals surface area contributed by atoms with Gasteiger partial charge in [0.1, 0.15) is 0 Å². The van der Waals surface area contributed by atoms with Crippen LogP contribution in [-0.4, -0.2) is 13.1 Å². The highest BCUT2D eigenvalue weighted by Crippen LogP contribution is 2.24. The summed E-state index contributed by atoms with van der Waals surface area (Å²) < 4.78 is 0. The lowest BCUT2D eigenvalue weighted by atomic mass is 9.84. The highest BCUT2D eigenvalue weighted by Gasteiger charge is 2.19. The summed E-state index contributed by atoms with van der Waals surface area (Å²) in [6.07, 6.45) is 17.5. The van der Waals surface area contributed by atoms with E-state index in [0.29, 0.717) is 0 Å². The summed E-state index contributed by atoms with van der Waals surface area (Å²) in [5.41, 5.74) is 0. The lowest BCUT2D eigenvalue weighted by Gasteiger charge is -2.29. The quantitative estimate of drug-likeness (QED) is 0.484. The Bertz CT molecular complexity index is 190. The molecule has 1 saturated heterocycles. The van der Waals surface area contributed by atoms with Gasteiger partial charge in [-0.05, 0) is 31.3 Å². The van der Waals surface area contributed by atoms with Gasteiger partial charge in [-0.25, -0.2) is 0 Å². The topological polar surface area (TPSA) is 12.0 Å². The summed E-state index contributed by atoms with van der Waals surface area (Å²) in [4.78, 5) is 0. The van der Waals surface area contributed by atoms with Gasteiger partial charge in [0, 0.05) is 0 Å². The molecule has 1 N–H and O–H groups in total.